The lowest BCUT2D eigenvalue weighted by molar-refractivity contribution is 0.0538. The van der Waals surface area contributed by atoms with E-state index >= 15 is 0 Å². The molecule has 1 aliphatic rings. The van der Waals surface area contributed by atoms with E-state index in [0.29, 0.717) is 22.9 Å². The topological polar surface area (TPSA) is 55.3 Å². The third kappa shape index (κ3) is 3.45. The number of thiazole rings is 1. The summed E-state index contributed by atoms with van der Waals surface area (Å²) in [5.41, 5.74) is 3.41. The predicted octanol–water partition coefficient (Wildman–Crippen LogP) is 4.03. The molecule has 7 heteroatoms. The summed E-state index contributed by atoms with van der Waals surface area (Å²) in [6.07, 6.45) is 4.95. The van der Waals surface area contributed by atoms with Gasteiger partial charge in [0.25, 0.3) is 5.91 Å². The quantitative estimate of drug-likeness (QED) is 0.695. The Labute approximate surface area is 154 Å². The van der Waals surface area contributed by atoms with Crippen LogP contribution in [0.3, 0.4) is 0 Å². The lowest BCUT2D eigenvalue weighted by atomic mass is 10.1. The van der Waals surface area contributed by atoms with Crippen LogP contribution >= 0.6 is 22.9 Å². The molecule has 0 bridgehead atoms. The van der Waals surface area contributed by atoms with Crippen LogP contribution in [-0.2, 0) is 0 Å². The van der Waals surface area contributed by atoms with Gasteiger partial charge in [-0.25, -0.2) is 4.98 Å². The van der Waals surface area contributed by atoms with E-state index in [2.05, 4.69) is 9.97 Å². The zero-order valence-corrected chi connectivity index (χ0v) is 15.0. The number of ether oxygens (including phenoxy) is 1. The van der Waals surface area contributed by atoms with Crippen molar-refractivity contribution in [2.75, 3.05) is 13.1 Å². The van der Waals surface area contributed by atoms with Crippen molar-refractivity contribution < 1.29 is 9.53 Å². The molecule has 128 valence electrons. The van der Waals surface area contributed by atoms with E-state index < -0.39 is 0 Å². The average Bonchev–Trinajstić information content (AvgIpc) is 3.11. The minimum absolute atomic E-state index is 0.0319. The highest BCUT2D eigenvalue weighted by Crippen LogP contribution is 2.26. The van der Waals surface area contributed by atoms with Gasteiger partial charge in [-0.05, 0) is 31.0 Å². The number of nitrogens with zero attached hydrogens (tertiary/aromatic N) is 3. The molecule has 3 aromatic rings. The predicted molar refractivity (Wildman–Crippen MR) is 98.4 cm³/mol. The Morgan fingerprint density at radius 2 is 2.28 bits per heavy atom. The normalized spacial score (nSPS) is 17.6. The van der Waals surface area contributed by atoms with Crippen LogP contribution in [0.5, 0.6) is 5.75 Å². The highest BCUT2D eigenvalue weighted by atomic mass is 35.5. The van der Waals surface area contributed by atoms with Crippen molar-refractivity contribution in [3.63, 3.8) is 0 Å². The Morgan fingerprint density at radius 3 is 3.16 bits per heavy atom. The molecular weight excluding hydrogens is 358 g/mol. The summed E-state index contributed by atoms with van der Waals surface area (Å²) in [7, 11) is 0. The summed E-state index contributed by atoms with van der Waals surface area (Å²) >= 11 is 7.65. The molecule has 1 saturated heterocycles. The number of carbonyl (C=O) groups is 1. The van der Waals surface area contributed by atoms with Crippen LogP contribution in [0.25, 0.3) is 10.2 Å². The van der Waals surface area contributed by atoms with Gasteiger partial charge in [-0.2, -0.15) is 0 Å². The van der Waals surface area contributed by atoms with Crippen LogP contribution in [0.15, 0.2) is 42.2 Å². The number of hydrogen-bond acceptors (Lipinski definition) is 5. The number of aromatic nitrogens is 2. The Hall–Kier alpha value is -2.18. The summed E-state index contributed by atoms with van der Waals surface area (Å²) in [6, 6.07) is 7.41. The Kier molecular flexibility index (Phi) is 4.55. The fourth-order valence-corrected chi connectivity index (χ4v) is 3.91. The van der Waals surface area contributed by atoms with Crippen LogP contribution in [0.4, 0.5) is 0 Å². The van der Waals surface area contributed by atoms with Gasteiger partial charge in [-0.1, -0.05) is 11.6 Å². The number of rotatable bonds is 3. The van der Waals surface area contributed by atoms with Crippen LogP contribution in [0, 0.1) is 0 Å². The molecule has 1 atom stereocenters. The third-order valence-electron chi connectivity index (χ3n) is 4.27. The van der Waals surface area contributed by atoms with Crippen molar-refractivity contribution in [2.24, 2.45) is 0 Å². The molecule has 0 N–H and O–H groups in total. The second kappa shape index (κ2) is 6.98. The molecule has 0 radical (unpaired) electrons. The molecule has 1 amide bonds. The van der Waals surface area contributed by atoms with Gasteiger partial charge in [0.15, 0.2) is 0 Å². The first-order valence-electron chi connectivity index (χ1n) is 8.09. The van der Waals surface area contributed by atoms with Crippen LogP contribution in [0.1, 0.15) is 23.2 Å². The van der Waals surface area contributed by atoms with Gasteiger partial charge in [0, 0.05) is 30.6 Å². The van der Waals surface area contributed by atoms with Gasteiger partial charge in [0.1, 0.15) is 16.9 Å². The van der Waals surface area contributed by atoms with Crippen LogP contribution in [-0.4, -0.2) is 40.0 Å². The monoisotopic (exact) mass is 373 g/mol. The number of halogens is 1. The first kappa shape index (κ1) is 16.3. The smallest absolute Gasteiger partial charge is 0.254 e. The number of pyridine rings is 1. The van der Waals surface area contributed by atoms with E-state index in [1.54, 1.807) is 35.3 Å². The van der Waals surface area contributed by atoms with Crippen molar-refractivity contribution in [2.45, 2.75) is 18.9 Å². The number of amides is 1. The number of hydrogen-bond donors (Lipinski definition) is 0. The van der Waals surface area contributed by atoms with E-state index in [4.69, 9.17) is 16.3 Å². The van der Waals surface area contributed by atoms with E-state index in [-0.39, 0.29) is 12.0 Å². The van der Waals surface area contributed by atoms with Gasteiger partial charge < -0.3 is 9.64 Å². The van der Waals surface area contributed by atoms with Crippen molar-refractivity contribution in [1.82, 2.24) is 14.9 Å². The molecule has 0 spiro atoms. The van der Waals surface area contributed by atoms with Crippen LogP contribution < -0.4 is 4.74 Å². The van der Waals surface area contributed by atoms with E-state index in [9.17, 15) is 4.79 Å². The van der Waals surface area contributed by atoms with Gasteiger partial charge in [-0.3, -0.25) is 9.78 Å². The Bertz CT molecular complexity index is 914. The Morgan fingerprint density at radius 1 is 1.36 bits per heavy atom. The summed E-state index contributed by atoms with van der Waals surface area (Å²) in [5, 5.41) is 0.488. The highest BCUT2D eigenvalue weighted by Gasteiger charge is 2.26. The summed E-state index contributed by atoms with van der Waals surface area (Å²) < 4.78 is 7.01. The van der Waals surface area contributed by atoms with E-state index in [0.717, 1.165) is 29.6 Å². The number of likely N-dealkylation sites (tertiary alicyclic amines) is 1. The van der Waals surface area contributed by atoms with Crippen molar-refractivity contribution >= 4 is 39.1 Å². The third-order valence-corrected chi connectivity index (χ3v) is 5.35. The van der Waals surface area contributed by atoms with Crippen molar-refractivity contribution in [1.29, 1.82) is 0 Å². The molecule has 0 aliphatic carbocycles. The fraction of sp³-hybridized carbons (Fsp3) is 0.278. The maximum absolute atomic E-state index is 12.8. The standard InChI is InChI=1S/C18H16ClN3O2S/c19-14-9-20-6-5-16(14)24-13-2-1-7-22(10-13)18(23)12-3-4-15-17(8-12)25-11-21-15/h3-6,8-9,11,13H,1-2,7,10H2/t13-/m0/s1. The van der Waals surface area contributed by atoms with Crippen molar-refractivity contribution in [3.8, 4) is 5.75 Å². The van der Waals surface area contributed by atoms with Gasteiger partial charge in [0.2, 0.25) is 0 Å². The average molecular weight is 374 g/mol. The molecule has 25 heavy (non-hydrogen) atoms. The molecule has 1 fully saturated rings. The molecule has 1 aromatic carbocycles. The molecule has 2 aromatic heterocycles. The van der Waals surface area contributed by atoms with Gasteiger partial charge in [-0.15, -0.1) is 11.3 Å². The molecule has 4 rings (SSSR count). The number of fused-ring (bicyclic) bond motifs is 1. The molecule has 3 heterocycles. The van der Waals surface area contributed by atoms with E-state index in [1.807, 2.05) is 23.1 Å². The largest absolute Gasteiger partial charge is 0.487 e. The Balaban J connectivity index is 1.48. The molecule has 5 nitrogen and oxygen atoms in total. The SMILES string of the molecule is O=C(c1ccc2ncsc2c1)N1CCC[C@H](Oc2ccncc2Cl)C1. The maximum Gasteiger partial charge on any atom is 0.254 e. The summed E-state index contributed by atoms with van der Waals surface area (Å²) in [5.74, 6) is 0.645. The molecule has 1 aliphatic heterocycles. The first-order chi connectivity index (χ1) is 12.2. The maximum atomic E-state index is 12.8. The number of piperidine rings is 1. The van der Waals surface area contributed by atoms with Gasteiger partial charge >= 0.3 is 0 Å². The lowest BCUT2D eigenvalue weighted by Gasteiger charge is -2.33. The fourth-order valence-electron chi connectivity index (χ4n) is 3.03. The zero-order valence-electron chi connectivity index (χ0n) is 13.4. The minimum Gasteiger partial charge on any atom is -0.487 e. The molecule has 0 unspecified atom stereocenters. The van der Waals surface area contributed by atoms with E-state index in [1.165, 1.54) is 0 Å². The zero-order chi connectivity index (χ0) is 17.2. The molecular formula is C18H16ClN3O2S. The summed E-state index contributed by atoms with van der Waals surface area (Å²) in [4.78, 5) is 22.9. The highest BCUT2D eigenvalue weighted by molar-refractivity contribution is 7.16. The minimum atomic E-state index is -0.0651. The summed E-state index contributed by atoms with van der Waals surface area (Å²) in [6.45, 7) is 1.29. The molecule has 0 saturated carbocycles. The number of benzene rings is 1. The van der Waals surface area contributed by atoms with Crippen LogP contribution in [0.2, 0.25) is 5.02 Å². The second-order valence-electron chi connectivity index (χ2n) is 5.97. The van der Waals surface area contributed by atoms with Crippen molar-refractivity contribution in [3.05, 3.63) is 52.8 Å². The first-order valence-corrected chi connectivity index (χ1v) is 9.35. The van der Waals surface area contributed by atoms with Gasteiger partial charge in [0.05, 0.1) is 22.3 Å². The number of carbonyl (C=O) groups excluding carboxylic acids is 1. The lowest BCUT2D eigenvalue weighted by Crippen LogP contribution is -2.44. The second-order valence-corrected chi connectivity index (χ2v) is 7.27.